The van der Waals surface area contributed by atoms with E-state index in [0.717, 1.165) is 37.9 Å². The molecule has 3 rings (SSSR count). The van der Waals surface area contributed by atoms with Gasteiger partial charge in [0.2, 0.25) is 0 Å². The zero-order valence-corrected chi connectivity index (χ0v) is 12.9. The van der Waals surface area contributed by atoms with E-state index in [1.165, 1.54) is 0 Å². The lowest BCUT2D eigenvalue weighted by molar-refractivity contribution is 0.577. The van der Waals surface area contributed by atoms with Gasteiger partial charge in [0.15, 0.2) is 0 Å². The summed E-state index contributed by atoms with van der Waals surface area (Å²) in [6.07, 6.45) is 1.87. The van der Waals surface area contributed by atoms with Gasteiger partial charge in [-0.3, -0.25) is 0 Å². The molecule has 0 aliphatic carbocycles. The molecule has 0 aliphatic heterocycles. The number of furan rings is 1. The number of hydrogen-bond acceptors (Lipinski definition) is 4. The number of nitrogens with zero attached hydrogens (tertiary/aromatic N) is 2. The van der Waals surface area contributed by atoms with E-state index in [-0.39, 0.29) is 0 Å². The number of benzene rings is 1. The fourth-order valence-electron chi connectivity index (χ4n) is 2.24. The number of aryl methyl sites for hydroxylation is 3. The molecule has 2 heterocycles. The number of nitriles is 1. The number of rotatable bonds is 2. The molecular weight excluding hydrogens is 280 g/mol. The Labute approximate surface area is 127 Å². The van der Waals surface area contributed by atoms with Crippen molar-refractivity contribution >= 4 is 34.0 Å². The zero-order valence-electron chi connectivity index (χ0n) is 12.1. The van der Waals surface area contributed by atoms with Crippen LogP contribution in [0.4, 0.5) is 0 Å². The third-order valence-electron chi connectivity index (χ3n) is 3.49. The van der Waals surface area contributed by atoms with E-state index in [0.29, 0.717) is 5.57 Å². The van der Waals surface area contributed by atoms with Crippen LogP contribution >= 0.6 is 11.3 Å². The monoisotopic (exact) mass is 294 g/mol. The Morgan fingerprint density at radius 1 is 1.29 bits per heavy atom. The molecule has 3 aromatic rings. The number of fused-ring (bicyclic) bond motifs is 1. The Morgan fingerprint density at radius 2 is 2.05 bits per heavy atom. The second-order valence-corrected chi connectivity index (χ2v) is 6.10. The molecule has 21 heavy (non-hydrogen) atoms. The minimum Gasteiger partial charge on any atom is -0.461 e. The first-order valence-electron chi connectivity index (χ1n) is 6.64. The van der Waals surface area contributed by atoms with E-state index in [4.69, 9.17) is 4.42 Å². The minimum atomic E-state index is 0.575. The number of aromatic nitrogens is 1. The first kappa shape index (κ1) is 13.6. The number of thiazole rings is 1. The Morgan fingerprint density at radius 3 is 2.71 bits per heavy atom. The SMILES string of the molecule is Cc1nc(/C(C#N)=C/c2c(C)oc3ccccc23)sc1C. The van der Waals surface area contributed by atoms with Gasteiger partial charge in [0.25, 0.3) is 0 Å². The molecule has 0 fully saturated rings. The standard InChI is InChI=1S/C17H14N2OS/c1-10-12(3)21-17(19-10)13(9-18)8-15-11(2)20-16-7-5-4-6-14(15)16/h4-8H,1-3H3/b13-8+. The Bertz CT molecular complexity index is 874. The van der Waals surface area contributed by atoms with Gasteiger partial charge in [-0.25, -0.2) is 4.98 Å². The van der Waals surface area contributed by atoms with Gasteiger partial charge in [-0.05, 0) is 32.9 Å². The average molecular weight is 294 g/mol. The zero-order chi connectivity index (χ0) is 15.0. The minimum absolute atomic E-state index is 0.575. The molecule has 0 amide bonds. The molecule has 1 aromatic carbocycles. The van der Waals surface area contributed by atoms with Crippen LogP contribution in [0.5, 0.6) is 0 Å². The Kier molecular flexibility index (Phi) is 3.36. The van der Waals surface area contributed by atoms with E-state index in [1.807, 2.05) is 51.1 Å². The van der Waals surface area contributed by atoms with E-state index < -0.39 is 0 Å². The van der Waals surface area contributed by atoms with E-state index in [9.17, 15) is 5.26 Å². The molecule has 4 heteroatoms. The van der Waals surface area contributed by atoms with Crippen molar-refractivity contribution in [1.29, 1.82) is 5.26 Å². The number of hydrogen-bond donors (Lipinski definition) is 0. The van der Waals surface area contributed by atoms with Crippen molar-refractivity contribution in [2.45, 2.75) is 20.8 Å². The van der Waals surface area contributed by atoms with Crippen LogP contribution in [0.3, 0.4) is 0 Å². The van der Waals surface area contributed by atoms with E-state index >= 15 is 0 Å². The normalized spacial score (nSPS) is 11.8. The Hall–Kier alpha value is -2.38. The maximum atomic E-state index is 9.46. The summed E-state index contributed by atoms with van der Waals surface area (Å²) >= 11 is 1.55. The van der Waals surface area contributed by atoms with Gasteiger partial charge in [0.1, 0.15) is 22.4 Å². The second kappa shape index (κ2) is 5.19. The van der Waals surface area contributed by atoms with Crippen LogP contribution in [0.2, 0.25) is 0 Å². The van der Waals surface area contributed by atoms with Crippen molar-refractivity contribution < 1.29 is 4.42 Å². The summed E-state index contributed by atoms with van der Waals surface area (Å²) in [4.78, 5) is 5.61. The molecule has 0 aliphatic rings. The van der Waals surface area contributed by atoms with Gasteiger partial charge >= 0.3 is 0 Å². The van der Waals surface area contributed by atoms with Crippen molar-refractivity contribution in [2.75, 3.05) is 0 Å². The summed E-state index contributed by atoms with van der Waals surface area (Å²) in [7, 11) is 0. The van der Waals surface area contributed by atoms with Gasteiger partial charge in [-0.1, -0.05) is 18.2 Å². The van der Waals surface area contributed by atoms with E-state index in [2.05, 4.69) is 11.1 Å². The molecule has 0 radical (unpaired) electrons. The molecule has 0 bridgehead atoms. The fraction of sp³-hybridized carbons (Fsp3) is 0.176. The molecule has 0 unspecified atom stereocenters. The van der Waals surface area contributed by atoms with Crippen molar-refractivity contribution in [3.05, 3.63) is 51.2 Å². The van der Waals surface area contributed by atoms with E-state index in [1.54, 1.807) is 11.3 Å². The lowest BCUT2D eigenvalue weighted by Gasteiger charge is -1.94. The fourth-order valence-corrected chi connectivity index (χ4v) is 3.12. The van der Waals surface area contributed by atoms with Crippen molar-refractivity contribution in [3.63, 3.8) is 0 Å². The van der Waals surface area contributed by atoms with Crippen molar-refractivity contribution in [3.8, 4) is 6.07 Å². The highest BCUT2D eigenvalue weighted by Gasteiger charge is 2.13. The number of allylic oxidation sites excluding steroid dienone is 1. The highest BCUT2D eigenvalue weighted by atomic mass is 32.1. The largest absolute Gasteiger partial charge is 0.461 e. The molecule has 3 nitrogen and oxygen atoms in total. The molecule has 0 saturated carbocycles. The third-order valence-corrected chi connectivity index (χ3v) is 4.59. The highest BCUT2D eigenvalue weighted by molar-refractivity contribution is 7.12. The smallest absolute Gasteiger partial charge is 0.134 e. The topological polar surface area (TPSA) is 49.8 Å². The molecule has 104 valence electrons. The summed E-state index contributed by atoms with van der Waals surface area (Å²) in [5, 5.41) is 11.2. The van der Waals surface area contributed by atoms with Gasteiger partial charge in [-0.2, -0.15) is 5.26 Å². The van der Waals surface area contributed by atoms with Crippen LogP contribution < -0.4 is 0 Å². The number of para-hydroxylation sites is 1. The lowest BCUT2D eigenvalue weighted by atomic mass is 10.1. The van der Waals surface area contributed by atoms with Crippen molar-refractivity contribution in [2.24, 2.45) is 0 Å². The van der Waals surface area contributed by atoms with Gasteiger partial charge in [0.05, 0.1) is 11.3 Å². The maximum Gasteiger partial charge on any atom is 0.134 e. The summed E-state index contributed by atoms with van der Waals surface area (Å²) in [5.41, 5.74) is 3.34. The van der Waals surface area contributed by atoms with Crippen molar-refractivity contribution in [1.82, 2.24) is 4.98 Å². The quantitative estimate of drug-likeness (QED) is 0.633. The first-order chi connectivity index (χ1) is 10.1. The molecule has 0 atom stereocenters. The van der Waals surface area contributed by atoms with Crippen LogP contribution in [-0.4, -0.2) is 4.98 Å². The summed E-state index contributed by atoms with van der Waals surface area (Å²) in [6, 6.07) is 10.1. The Balaban J connectivity index is 2.18. The molecule has 0 saturated heterocycles. The third kappa shape index (κ3) is 2.37. The van der Waals surface area contributed by atoms with Crippen LogP contribution in [0, 0.1) is 32.1 Å². The summed E-state index contributed by atoms with van der Waals surface area (Å²) in [5.74, 6) is 0.814. The average Bonchev–Trinajstić information content (AvgIpc) is 2.96. The van der Waals surface area contributed by atoms with Gasteiger partial charge in [-0.15, -0.1) is 11.3 Å². The van der Waals surface area contributed by atoms with Gasteiger partial charge in [0, 0.05) is 15.8 Å². The molecular formula is C17H14N2OS. The first-order valence-corrected chi connectivity index (χ1v) is 7.46. The maximum absolute atomic E-state index is 9.46. The lowest BCUT2D eigenvalue weighted by Crippen LogP contribution is -1.82. The molecule has 2 aromatic heterocycles. The summed E-state index contributed by atoms with van der Waals surface area (Å²) < 4.78 is 5.74. The summed E-state index contributed by atoms with van der Waals surface area (Å²) in [6.45, 7) is 5.89. The molecule has 0 N–H and O–H groups in total. The van der Waals surface area contributed by atoms with Crippen LogP contribution in [0.25, 0.3) is 22.6 Å². The van der Waals surface area contributed by atoms with Crippen LogP contribution in [0.15, 0.2) is 28.7 Å². The van der Waals surface area contributed by atoms with Crippen LogP contribution in [-0.2, 0) is 0 Å². The molecule has 0 spiro atoms. The predicted molar refractivity (Wildman–Crippen MR) is 86.0 cm³/mol. The highest BCUT2D eigenvalue weighted by Crippen LogP contribution is 2.30. The van der Waals surface area contributed by atoms with Gasteiger partial charge < -0.3 is 4.42 Å². The van der Waals surface area contributed by atoms with Crippen LogP contribution in [0.1, 0.15) is 26.9 Å². The second-order valence-electron chi connectivity index (χ2n) is 4.90. The predicted octanol–water partition coefficient (Wildman–Crippen LogP) is 4.88.